The van der Waals surface area contributed by atoms with Gasteiger partial charge in [-0.2, -0.15) is 0 Å². The second kappa shape index (κ2) is 8.11. The Labute approximate surface area is 166 Å². The van der Waals surface area contributed by atoms with E-state index in [1.54, 1.807) is 0 Å². The molecule has 0 aliphatic carbocycles. The lowest BCUT2D eigenvalue weighted by molar-refractivity contribution is 0.686. The number of benzene rings is 3. The van der Waals surface area contributed by atoms with Gasteiger partial charge in [0.2, 0.25) is 0 Å². The molecule has 0 saturated heterocycles. The maximum atomic E-state index is 4.21. The average molecular weight is 423 g/mol. The number of thioether (sulfide) groups is 1. The van der Waals surface area contributed by atoms with Gasteiger partial charge in [0.05, 0.1) is 6.33 Å². The maximum Gasteiger partial charge on any atom is 0.0946 e. The molecular formula is C22H19BrN2S. The van der Waals surface area contributed by atoms with Gasteiger partial charge in [0.15, 0.2) is 0 Å². The Kier molecular flexibility index (Phi) is 5.42. The van der Waals surface area contributed by atoms with Crippen molar-refractivity contribution in [3.8, 4) is 0 Å². The predicted molar refractivity (Wildman–Crippen MR) is 114 cm³/mol. The fourth-order valence-corrected chi connectivity index (χ4v) is 4.65. The molecule has 0 N–H and O–H groups in total. The van der Waals surface area contributed by atoms with E-state index in [1.807, 2.05) is 30.5 Å². The molecule has 3 aromatic carbocycles. The monoisotopic (exact) mass is 422 g/mol. The number of rotatable bonds is 6. The molecule has 0 fully saturated rings. The van der Waals surface area contributed by atoms with Crippen LogP contribution in [0.4, 0.5) is 0 Å². The molecule has 0 bridgehead atoms. The molecule has 1 heterocycles. The van der Waals surface area contributed by atoms with Crippen molar-refractivity contribution < 1.29 is 0 Å². The lowest BCUT2D eigenvalue weighted by Gasteiger charge is -2.20. The van der Waals surface area contributed by atoms with E-state index in [1.165, 1.54) is 21.9 Å². The second-order valence-corrected chi connectivity index (χ2v) is 8.36. The summed E-state index contributed by atoms with van der Waals surface area (Å²) in [6.07, 6.45) is 5.79. The molecular weight excluding hydrogens is 404 g/mol. The molecule has 0 spiro atoms. The fourth-order valence-electron chi connectivity index (χ4n) is 3.14. The fraction of sp³-hybridized carbons (Fsp3) is 0.136. The summed E-state index contributed by atoms with van der Waals surface area (Å²) in [4.78, 5) is 4.21. The molecule has 1 unspecified atom stereocenters. The first-order chi connectivity index (χ1) is 12.8. The summed E-state index contributed by atoms with van der Waals surface area (Å²) in [5, 5.41) is 2.99. The maximum absolute atomic E-state index is 4.21. The zero-order chi connectivity index (χ0) is 17.8. The number of halogens is 1. The Morgan fingerprint density at radius 3 is 2.58 bits per heavy atom. The molecule has 4 aromatic rings. The molecule has 0 aliphatic rings. The second-order valence-electron chi connectivity index (χ2n) is 6.25. The third-order valence-electron chi connectivity index (χ3n) is 4.47. The van der Waals surface area contributed by atoms with Crippen LogP contribution in [0.1, 0.15) is 16.4 Å². The van der Waals surface area contributed by atoms with E-state index < -0.39 is 0 Å². The molecule has 4 rings (SSSR count). The summed E-state index contributed by atoms with van der Waals surface area (Å²) in [7, 11) is 0. The van der Waals surface area contributed by atoms with Crippen LogP contribution in [0.3, 0.4) is 0 Å². The highest BCUT2D eigenvalue weighted by Gasteiger charge is 2.16. The van der Waals surface area contributed by atoms with E-state index in [9.17, 15) is 0 Å². The summed E-state index contributed by atoms with van der Waals surface area (Å²) in [5.41, 5.74) is 2.73. The average Bonchev–Trinajstić information content (AvgIpc) is 3.19. The Bertz CT molecular complexity index is 975. The first-order valence-corrected chi connectivity index (χ1v) is 10.4. The van der Waals surface area contributed by atoms with Crippen molar-refractivity contribution >= 4 is 38.5 Å². The first kappa shape index (κ1) is 17.4. The highest BCUT2D eigenvalue weighted by Crippen LogP contribution is 2.37. The Hall–Kier alpha value is -2.04. The number of aromatic nitrogens is 2. The van der Waals surface area contributed by atoms with Crippen LogP contribution in [0, 0.1) is 0 Å². The quantitative estimate of drug-likeness (QED) is 0.354. The number of hydrogen-bond donors (Lipinski definition) is 0. The van der Waals surface area contributed by atoms with Gasteiger partial charge in [0.1, 0.15) is 0 Å². The Morgan fingerprint density at radius 2 is 1.77 bits per heavy atom. The Morgan fingerprint density at radius 1 is 0.962 bits per heavy atom. The standard InChI is InChI=1S/C22H19BrN2S/c23-19-10-8-17(9-11-19)15-26-22(14-25-13-12-24-16-25)21-7-3-5-18-4-1-2-6-20(18)21/h1-13,16,22H,14-15H2. The summed E-state index contributed by atoms with van der Waals surface area (Å²) in [6, 6.07) is 23.9. The van der Waals surface area contributed by atoms with Crippen LogP contribution in [0.2, 0.25) is 0 Å². The van der Waals surface area contributed by atoms with Crippen molar-refractivity contribution in [3.05, 3.63) is 101 Å². The summed E-state index contributed by atoms with van der Waals surface area (Å²) in [5.74, 6) is 0.982. The van der Waals surface area contributed by atoms with E-state index in [-0.39, 0.29) is 0 Å². The minimum absolute atomic E-state index is 0.360. The molecule has 0 saturated carbocycles. The SMILES string of the molecule is Brc1ccc(CSC(Cn2ccnc2)c2cccc3ccccc23)cc1. The number of hydrogen-bond acceptors (Lipinski definition) is 2. The van der Waals surface area contributed by atoms with Gasteiger partial charge in [0.25, 0.3) is 0 Å². The minimum Gasteiger partial charge on any atom is -0.336 e. The normalized spacial score (nSPS) is 12.3. The zero-order valence-corrected chi connectivity index (χ0v) is 16.7. The van der Waals surface area contributed by atoms with Gasteiger partial charge >= 0.3 is 0 Å². The van der Waals surface area contributed by atoms with Crippen LogP contribution in [0.5, 0.6) is 0 Å². The number of imidazole rings is 1. The molecule has 1 aromatic heterocycles. The lowest BCUT2D eigenvalue weighted by atomic mass is 10.0. The van der Waals surface area contributed by atoms with Crippen molar-refractivity contribution in [2.24, 2.45) is 0 Å². The third kappa shape index (κ3) is 4.02. The van der Waals surface area contributed by atoms with Crippen molar-refractivity contribution in [1.82, 2.24) is 9.55 Å². The van der Waals surface area contributed by atoms with Gasteiger partial charge in [-0.3, -0.25) is 0 Å². The highest BCUT2D eigenvalue weighted by molar-refractivity contribution is 9.10. The molecule has 0 amide bonds. The van der Waals surface area contributed by atoms with Gasteiger partial charge in [-0.1, -0.05) is 70.5 Å². The lowest BCUT2D eigenvalue weighted by Crippen LogP contribution is -2.06. The van der Waals surface area contributed by atoms with E-state index in [0.717, 1.165) is 16.8 Å². The summed E-state index contributed by atoms with van der Waals surface area (Å²) in [6.45, 7) is 0.912. The van der Waals surface area contributed by atoms with Crippen molar-refractivity contribution in [3.63, 3.8) is 0 Å². The topological polar surface area (TPSA) is 17.8 Å². The van der Waals surface area contributed by atoms with Crippen molar-refractivity contribution in [1.29, 1.82) is 0 Å². The van der Waals surface area contributed by atoms with Crippen molar-refractivity contribution in [2.75, 3.05) is 0 Å². The van der Waals surface area contributed by atoms with Crippen LogP contribution in [-0.4, -0.2) is 9.55 Å². The number of fused-ring (bicyclic) bond motifs is 1. The van der Waals surface area contributed by atoms with Gasteiger partial charge in [-0.05, 0) is 34.0 Å². The van der Waals surface area contributed by atoms with Gasteiger partial charge in [-0.25, -0.2) is 4.98 Å². The first-order valence-electron chi connectivity index (χ1n) is 8.59. The van der Waals surface area contributed by atoms with Gasteiger partial charge in [-0.15, -0.1) is 11.8 Å². The van der Waals surface area contributed by atoms with E-state index in [0.29, 0.717) is 5.25 Å². The highest BCUT2D eigenvalue weighted by atomic mass is 79.9. The van der Waals surface area contributed by atoms with E-state index >= 15 is 0 Å². The summed E-state index contributed by atoms with van der Waals surface area (Å²) >= 11 is 5.49. The van der Waals surface area contributed by atoms with Gasteiger partial charge < -0.3 is 4.57 Å². The molecule has 26 heavy (non-hydrogen) atoms. The smallest absolute Gasteiger partial charge is 0.0946 e. The van der Waals surface area contributed by atoms with E-state index in [2.05, 4.69) is 92.2 Å². The predicted octanol–water partition coefficient (Wildman–Crippen LogP) is 6.47. The zero-order valence-electron chi connectivity index (χ0n) is 14.3. The minimum atomic E-state index is 0.360. The van der Waals surface area contributed by atoms with E-state index in [4.69, 9.17) is 0 Å². The van der Waals surface area contributed by atoms with Crippen LogP contribution in [0.15, 0.2) is 89.9 Å². The number of nitrogens with zero attached hydrogens (tertiary/aromatic N) is 2. The molecule has 4 heteroatoms. The molecule has 1 atom stereocenters. The van der Waals surface area contributed by atoms with Crippen LogP contribution in [0.25, 0.3) is 10.8 Å². The molecule has 2 nitrogen and oxygen atoms in total. The van der Waals surface area contributed by atoms with Crippen molar-refractivity contribution in [2.45, 2.75) is 17.5 Å². The van der Waals surface area contributed by atoms with Crippen LogP contribution in [-0.2, 0) is 12.3 Å². The Balaban J connectivity index is 1.64. The third-order valence-corrected chi connectivity index (χ3v) is 6.30. The summed E-state index contributed by atoms with van der Waals surface area (Å²) < 4.78 is 3.29. The van der Waals surface area contributed by atoms with Gasteiger partial charge in [0, 0.05) is 34.4 Å². The molecule has 0 aliphatic heterocycles. The molecule has 0 radical (unpaired) electrons. The largest absolute Gasteiger partial charge is 0.336 e. The molecule has 130 valence electrons. The van der Waals surface area contributed by atoms with Crippen LogP contribution < -0.4 is 0 Å². The van der Waals surface area contributed by atoms with Crippen LogP contribution >= 0.6 is 27.7 Å².